The zero-order chi connectivity index (χ0) is 19.8. The highest BCUT2D eigenvalue weighted by Gasteiger charge is 2.09. The van der Waals surface area contributed by atoms with Gasteiger partial charge in [-0.1, -0.05) is 17.3 Å². The Bertz CT molecular complexity index is 752. The van der Waals surface area contributed by atoms with E-state index in [2.05, 4.69) is 47.8 Å². The minimum Gasteiger partial charge on any atom is -0.491 e. The van der Waals surface area contributed by atoms with Crippen molar-refractivity contribution in [1.82, 2.24) is 15.8 Å². The number of aliphatic imine (C=N–C) groups is 1. The van der Waals surface area contributed by atoms with Crippen molar-refractivity contribution >= 4 is 29.9 Å². The van der Waals surface area contributed by atoms with Gasteiger partial charge in [0.1, 0.15) is 11.5 Å². The highest BCUT2D eigenvalue weighted by Crippen LogP contribution is 2.22. The molecule has 0 saturated heterocycles. The van der Waals surface area contributed by atoms with Gasteiger partial charge in [-0.3, -0.25) is 0 Å². The fraction of sp³-hybridized carbons (Fsp3) is 0.524. The van der Waals surface area contributed by atoms with Gasteiger partial charge in [0.15, 0.2) is 5.96 Å². The van der Waals surface area contributed by atoms with Crippen molar-refractivity contribution in [3.8, 4) is 5.75 Å². The lowest BCUT2D eigenvalue weighted by molar-refractivity contribution is 0.240. The molecule has 6 nitrogen and oxygen atoms in total. The number of hydrogen-bond acceptors (Lipinski definition) is 4. The molecule has 7 heteroatoms. The van der Waals surface area contributed by atoms with E-state index in [1.807, 2.05) is 27.7 Å². The first kappa shape index (κ1) is 24.3. The van der Waals surface area contributed by atoms with Crippen LogP contribution >= 0.6 is 24.0 Å². The first-order valence-corrected chi connectivity index (χ1v) is 9.60. The van der Waals surface area contributed by atoms with Crippen LogP contribution in [0.25, 0.3) is 0 Å². The molecule has 0 spiro atoms. The summed E-state index contributed by atoms with van der Waals surface area (Å²) in [7, 11) is 0. The van der Waals surface area contributed by atoms with Crippen molar-refractivity contribution in [3.63, 3.8) is 0 Å². The Morgan fingerprint density at radius 3 is 2.57 bits per heavy atom. The largest absolute Gasteiger partial charge is 0.491 e. The van der Waals surface area contributed by atoms with E-state index in [9.17, 15) is 0 Å². The number of aromatic nitrogens is 1. The lowest BCUT2D eigenvalue weighted by atomic mass is 10.1. The average molecular weight is 500 g/mol. The van der Waals surface area contributed by atoms with Gasteiger partial charge in [-0.15, -0.1) is 24.0 Å². The van der Waals surface area contributed by atoms with Crippen molar-refractivity contribution in [2.45, 2.75) is 60.6 Å². The van der Waals surface area contributed by atoms with Gasteiger partial charge in [0.2, 0.25) is 0 Å². The minimum atomic E-state index is 0. The molecule has 28 heavy (non-hydrogen) atoms. The molecule has 0 bridgehead atoms. The Balaban J connectivity index is 0.00000392. The highest BCUT2D eigenvalue weighted by atomic mass is 127. The zero-order valence-corrected chi connectivity index (χ0v) is 20.1. The number of hydrogen-bond donors (Lipinski definition) is 2. The van der Waals surface area contributed by atoms with Gasteiger partial charge in [0, 0.05) is 24.2 Å². The SMILES string of the molecule is CCNC(=NCc1ccc(C)cc1OC(C)C)NCCc1c(C)noc1C.I. The molecule has 156 valence electrons. The number of nitrogens with zero attached hydrogens (tertiary/aromatic N) is 2. The summed E-state index contributed by atoms with van der Waals surface area (Å²) in [4.78, 5) is 4.72. The molecule has 0 aliphatic heterocycles. The van der Waals surface area contributed by atoms with E-state index in [0.29, 0.717) is 6.54 Å². The van der Waals surface area contributed by atoms with E-state index in [-0.39, 0.29) is 30.1 Å². The molecule has 0 unspecified atom stereocenters. The smallest absolute Gasteiger partial charge is 0.191 e. The molecule has 0 fully saturated rings. The van der Waals surface area contributed by atoms with E-state index in [1.165, 1.54) is 5.56 Å². The molecular weight excluding hydrogens is 467 g/mol. The number of guanidine groups is 1. The molecule has 2 N–H and O–H groups in total. The average Bonchev–Trinajstić information content (AvgIpc) is 2.92. The standard InChI is InChI=1S/C21H32N4O2.HI/c1-7-22-21(23-11-10-19-16(5)25-27-17(19)6)24-13-18-9-8-15(4)12-20(18)26-14(2)3;/h8-9,12,14H,7,10-11,13H2,1-6H3,(H2,22,23,24);1H. The van der Waals surface area contributed by atoms with E-state index in [0.717, 1.165) is 53.8 Å². The maximum atomic E-state index is 5.95. The summed E-state index contributed by atoms with van der Waals surface area (Å²) < 4.78 is 11.2. The van der Waals surface area contributed by atoms with Crippen LogP contribution in [0.2, 0.25) is 0 Å². The van der Waals surface area contributed by atoms with Crippen molar-refractivity contribution in [2.24, 2.45) is 4.99 Å². The fourth-order valence-corrected chi connectivity index (χ4v) is 2.83. The molecule has 2 aromatic rings. The van der Waals surface area contributed by atoms with E-state index < -0.39 is 0 Å². The normalized spacial score (nSPS) is 11.3. The van der Waals surface area contributed by atoms with Crippen molar-refractivity contribution in [1.29, 1.82) is 0 Å². The second-order valence-corrected chi connectivity index (χ2v) is 6.95. The molecule has 1 aromatic carbocycles. The van der Waals surface area contributed by atoms with Gasteiger partial charge in [-0.2, -0.15) is 0 Å². The molecule has 0 atom stereocenters. The molecular formula is C21H33IN4O2. The second-order valence-electron chi connectivity index (χ2n) is 6.95. The van der Waals surface area contributed by atoms with Gasteiger partial charge < -0.3 is 19.9 Å². The van der Waals surface area contributed by atoms with Crippen LogP contribution in [0.4, 0.5) is 0 Å². The van der Waals surface area contributed by atoms with Gasteiger partial charge in [0.05, 0.1) is 18.3 Å². The number of halogens is 1. The van der Waals surface area contributed by atoms with Gasteiger partial charge >= 0.3 is 0 Å². The third-order valence-corrected chi connectivity index (χ3v) is 4.19. The van der Waals surface area contributed by atoms with Crippen LogP contribution in [0.5, 0.6) is 5.75 Å². The molecule has 2 rings (SSSR count). The molecule has 0 aliphatic rings. The predicted octanol–water partition coefficient (Wildman–Crippen LogP) is 4.30. The van der Waals surface area contributed by atoms with Crippen LogP contribution in [0.1, 0.15) is 48.9 Å². The Kier molecular flexibility index (Phi) is 10.3. The van der Waals surface area contributed by atoms with Crippen LogP contribution in [0, 0.1) is 20.8 Å². The molecule has 1 heterocycles. The summed E-state index contributed by atoms with van der Waals surface area (Å²) in [5.74, 6) is 2.58. The summed E-state index contributed by atoms with van der Waals surface area (Å²) in [5, 5.41) is 10.7. The molecule has 0 amide bonds. The zero-order valence-electron chi connectivity index (χ0n) is 17.8. The lowest BCUT2D eigenvalue weighted by Crippen LogP contribution is -2.38. The third-order valence-electron chi connectivity index (χ3n) is 4.19. The summed E-state index contributed by atoms with van der Waals surface area (Å²) in [6.45, 7) is 14.2. The Morgan fingerprint density at radius 2 is 1.96 bits per heavy atom. The van der Waals surface area contributed by atoms with E-state index in [4.69, 9.17) is 14.3 Å². The third kappa shape index (κ3) is 7.33. The fourth-order valence-electron chi connectivity index (χ4n) is 2.83. The number of aryl methyl sites for hydroxylation is 3. The maximum Gasteiger partial charge on any atom is 0.191 e. The molecule has 0 radical (unpaired) electrons. The van der Waals surface area contributed by atoms with Crippen LogP contribution in [0.3, 0.4) is 0 Å². The first-order valence-electron chi connectivity index (χ1n) is 9.60. The molecule has 1 aromatic heterocycles. The Hall–Kier alpha value is -1.77. The summed E-state index contributed by atoms with van der Waals surface area (Å²) in [5.41, 5.74) is 4.37. The van der Waals surface area contributed by atoms with Crippen LogP contribution < -0.4 is 15.4 Å². The Labute approximate surface area is 185 Å². The first-order chi connectivity index (χ1) is 12.9. The summed E-state index contributed by atoms with van der Waals surface area (Å²) in [6.07, 6.45) is 0.980. The van der Waals surface area contributed by atoms with E-state index >= 15 is 0 Å². The number of nitrogens with one attached hydrogen (secondary N) is 2. The topological polar surface area (TPSA) is 71.7 Å². The van der Waals surface area contributed by atoms with Crippen molar-refractivity contribution < 1.29 is 9.26 Å². The quantitative estimate of drug-likeness (QED) is 0.321. The number of ether oxygens (including phenoxy) is 1. The summed E-state index contributed by atoms with van der Waals surface area (Å²) in [6, 6.07) is 6.25. The van der Waals surface area contributed by atoms with Gasteiger partial charge in [-0.05, 0) is 59.6 Å². The second kappa shape index (κ2) is 11.9. The number of benzene rings is 1. The Morgan fingerprint density at radius 1 is 1.21 bits per heavy atom. The van der Waals surface area contributed by atoms with Crippen molar-refractivity contribution in [2.75, 3.05) is 13.1 Å². The highest BCUT2D eigenvalue weighted by molar-refractivity contribution is 14.0. The van der Waals surface area contributed by atoms with Crippen LogP contribution in [-0.2, 0) is 13.0 Å². The molecule has 0 aliphatic carbocycles. The van der Waals surface area contributed by atoms with Crippen molar-refractivity contribution in [3.05, 3.63) is 46.3 Å². The monoisotopic (exact) mass is 500 g/mol. The lowest BCUT2D eigenvalue weighted by Gasteiger charge is -2.15. The molecule has 0 saturated carbocycles. The predicted molar refractivity (Wildman–Crippen MR) is 125 cm³/mol. The number of rotatable bonds is 8. The van der Waals surface area contributed by atoms with Gasteiger partial charge in [-0.25, -0.2) is 4.99 Å². The van der Waals surface area contributed by atoms with Gasteiger partial charge in [0.25, 0.3) is 0 Å². The van der Waals surface area contributed by atoms with Crippen LogP contribution in [0.15, 0.2) is 27.7 Å². The summed E-state index contributed by atoms with van der Waals surface area (Å²) >= 11 is 0. The minimum absolute atomic E-state index is 0. The maximum absolute atomic E-state index is 5.95. The van der Waals surface area contributed by atoms with E-state index in [1.54, 1.807) is 0 Å². The van der Waals surface area contributed by atoms with Crippen LogP contribution in [-0.4, -0.2) is 30.3 Å².